The molecule has 0 spiro atoms. The third-order valence-corrected chi connectivity index (χ3v) is 3.74. The van der Waals surface area contributed by atoms with E-state index >= 15 is 0 Å². The third-order valence-electron chi connectivity index (χ3n) is 3.74. The van der Waals surface area contributed by atoms with Crippen LogP contribution >= 0.6 is 0 Å². The van der Waals surface area contributed by atoms with Crippen molar-refractivity contribution in [1.82, 2.24) is 10.2 Å². The molecular formula is C16H22FN3. The van der Waals surface area contributed by atoms with E-state index in [1.165, 1.54) is 32.0 Å². The molecule has 1 unspecified atom stereocenters. The molecule has 0 bridgehead atoms. The molecule has 1 aliphatic rings. The lowest BCUT2D eigenvalue weighted by Gasteiger charge is -2.20. The number of nitriles is 1. The highest BCUT2D eigenvalue weighted by Gasteiger charge is 2.14. The van der Waals surface area contributed by atoms with Crippen LogP contribution in [0.5, 0.6) is 0 Å². The predicted molar refractivity (Wildman–Crippen MR) is 77.7 cm³/mol. The molecule has 1 aliphatic heterocycles. The summed E-state index contributed by atoms with van der Waals surface area (Å²) in [5.41, 5.74) is 1.07. The molecule has 0 amide bonds. The van der Waals surface area contributed by atoms with E-state index in [1.807, 2.05) is 6.07 Å². The van der Waals surface area contributed by atoms with Crippen LogP contribution in [0.3, 0.4) is 0 Å². The van der Waals surface area contributed by atoms with Crippen molar-refractivity contribution in [2.24, 2.45) is 5.92 Å². The molecule has 1 heterocycles. The average Bonchev–Trinajstić information content (AvgIpc) is 2.93. The summed E-state index contributed by atoms with van der Waals surface area (Å²) in [6.45, 7) is 7.47. The van der Waals surface area contributed by atoms with E-state index in [2.05, 4.69) is 17.1 Å². The number of halogens is 1. The number of benzene rings is 1. The van der Waals surface area contributed by atoms with Gasteiger partial charge in [-0.15, -0.1) is 0 Å². The molecule has 1 fully saturated rings. The van der Waals surface area contributed by atoms with E-state index < -0.39 is 5.82 Å². The van der Waals surface area contributed by atoms with Crippen LogP contribution in [0.15, 0.2) is 18.2 Å². The lowest BCUT2D eigenvalue weighted by atomic mass is 10.1. The van der Waals surface area contributed by atoms with Gasteiger partial charge in [0.15, 0.2) is 0 Å². The summed E-state index contributed by atoms with van der Waals surface area (Å²) in [4.78, 5) is 2.51. The minimum atomic E-state index is -0.446. The smallest absolute Gasteiger partial charge is 0.140 e. The SMILES string of the molecule is CC(CNCc1ccc(F)c(C#N)c1)CN1CCCC1. The van der Waals surface area contributed by atoms with Gasteiger partial charge in [0.1, 0.15) is 11.9 Å². The van der Waals surface area contributed by atoms with Gasteiger partial charge in [-0.05, 0) is 56.1 Å². The maximum atomic E-state index is 13.2. The maximum Gasteiger partial charge on any atom is 0.140 e. The van der Waals surface area contributed by atoms with Crippen LogP contribution in [-0.2, 0) is 6.54 Å². The molecule has 1 N–H and O–H groups in total. The Labute approximate surface area is 120 Å². The first-order chi connectivity index (χ1) is 9.69. The Bertz CT molecular complexity index is 475. The van der Waals surface area contributed by atoms with Gasteiger partial charge in [-0.2, -0.15) is 5.26 Å². The number of hydrogen-bond donors (Lipinski definition) is 1. The highest BCUT2D eigenvalue weighted by atomic mass is 19.1. The van der Waals surface area contributed by atoms with Gasteiger partial charge in [0, 0.05) is 13.1 Å². The molecule has 108 valence electrons. The van der Waals surface area contributed by atoms with Crippen molar-refractivity contribution in [1.29, 1.82) is 5.26 Å². The molecule has 1 atom stereocenters. The quantitative estimate of drug-likeness (QED) is 0.867. The van der Waals surface area contributed by atoms with Crippen LogP contribution in [0.2, 0.25) is 0 Å². The van der Waals surface area contributed by atoms with Crippen LogP contribution in [-0.4, -0.2) is 31.1 Å². The molecule has 2 rings (SSSR count). The Hall–Kier alpha value is -1.44. The Balaban J connectivity index is 1.73. The van der Waals surface area contributed by atoms with Gasteiger partial charge in [0.2, 0.25) is 0 Å². The fraction of sp³-hybridized carbons (Fsp3) is 0.562. The Kier molecular flexibility index (Phi) is 5.51. The fourth-order valence-electron chi connectivity index (χ4n) is 2.70. The van der Waals surface area contributed by atoms with Crippen molar-refractivity contribution >= 4 is 0 Å². The number of hydrogen-bond acceptors (Lipinski definition) is 3. The average molecular weight is 275 g/mol. The normalized spacial score (nSPS) is 17.1. The zero-order valence-corrected chi connectivity index (χ0v) is 12.0. The van der Waals surface area contributed by atoms with Gasteiger partial charge < -0.3 is 10.2 Å². The Morgan fingerprint density at radius 3 is 2.85 bits per heavy atom. The summed E-state index contributed by atoms with van der Waals surface area (Å²) in [5, 5.41) is 12.2. The second kappa shape index (κ2) is 7.37. The van der Waals surface area contributed by atoms with Crippen molar-refractivity contribution in [2.75, 3.05) is 26.2 Å². The number of nitrogens with one attached hydrogen (secondary N) is 1. The van der Waals surface area contributed by atoms with Crippen LogP contribution in [0.25, 0.3) is 0 Å². The first-order valence-electron chi connectivity index (χ1n) is 7.30. The first-order valence-corrected chi connectivity index (χ1v) is 7.30. The summed E-state index contributed by atoms with van der Waals surface area (Å²) in [5.74, 6) is 0.155. The minimum absolute atomic E-state index is 0.120. The van der Waals surface area contributed by atoms with Crippen molar-refractivity contribution in [3.63, 3.8) is 0 Å². The number of rotatable bonds is 6. The second-order valence-corrected chi connectivity index (χ2v) is 5.67. The molecule has 4 heteroatoms. The van der Waals surface area contributed by atoms with Crippen molar-refractivity contribution in [3.8, 4) is 6.07 Å². The van der Waals surface area contributed by atoms with Crippen LogP contribution < -0.4 is 5.32 Å². The third kappa shape index (κ3) is 4.29. The summed E-state index contributed by atoms with van der Waals surface area (Å²) in [7, 11) is 0. The first kappa shape index (κ1) is 15.0. The molecule has 0 aliphatic carbocycles. The maximum absolute atomic E-state index is 13.2. The van der Waals surface area contributed by atoms with E-state index in [4.69, 9.17) is 5.26 Å². The molecule has 3 nitrogen and oxygen atoms in total. The minimum Gasteiger partial charge on any atom is -0.312 e. The predicted octanol–water partition coefficient (Wildman–Crippen LogP) is 2.52. The van der Waals surface area contributed by atoms with E-state index in [1.54, 1.807) is 12.1 Å². The summed E-state index contributed by atoms with van der Waals surface area (Å²) in [6, 6.07) is 6.59. The summed E-state index contributed by atoms with van der Waals surface area (Å²) < 4.78 is 13.2. The van der Waals surface area contributed by atoms with Gasteiger partial charge in [0.05, 0.1) is 5.56 Å². The number of likely N-dealkylation sites (tertiary alicyclic amines) is 1. The molecule has 1 saturated heterocycles. The molecule has 20 heavy (non-hydrogen) atoms. The Morgan fingerprint density at radius 2 is 2.15 bits per heavy atom. The lowest BCUT2D eigenvalue weighted by Crippen LogP contribution is -2.31. The van der Waals surface area contributed by atoms with Gasteiger partial charge >= 0.3 is 0 Å². The fourth-order valence-corrected chi connectivity index (χ4v) is 2.70. The zero-order chi connectivity index (χ0) is 14.4. The van der Waals surface area contributed by atoms with E-state index in [0.717, 1.165) is 18.7 Å². The highest BCUT2D eigenvalue weighted by Crippen LogP contribution is 2.11. The van der Waals surface area contributed by atoms with Crippen LogP contribution in [0, 0.1) is 23.1 Å². The Morgan fingerprint density at radius 1 is 1.40 bits per heavy atom. The van der Waals surface area contributed by atoms with Crippen LogP contribution in [0.1, 0.15) is 30.9 Å². The summed E-state index contributed by atoms with van der Waals surface area (Å²) >= 11 is 0. The molecule has 1 aromatic rings. The number of nitrogens with zero attached hydrogens (tertiary/aromatic N) is 2. The van der Waals surface area contributed by atoms with Gasteiger partial charge in [0.25, 0.3) is 0 Å². The van der Waals surface area contributed by atoms with E-state index in [0.29, 0.717) is 12.5 Å². The summed E-state index contributed by atoms with van der Waals surface area (Å²) in [6.07, 6.45) is 2.65. The zero-order valence-electron chi connectivity index (χ0n) is 12.0. The van der Waals surface area contributed by atoms with Gasteiger partial charge in [-0.1, -0.05) is 13.0 Å². The van der Waals surface area contributed by atoms with Crippen molar-refractivity contribution in [3.05, 3.63) is 35.1 Å². The molecule has 1 aromatic carbocycles. The molecule has 0 saturated carbocycles. The van der Waals surface area contributed by atoms with Crippen molar-refractivity contribution in [2.45, 2.75) is 26.3 Å². The monoisotopic (exact) mass is 275 g/mol. The largest absolute Gasteiger partial charge is 0.312 e. The second-order valence-electron chi connectivity index (χ2n) is 5.67. The van der Waals surface area contributed by atoms with E-state index in [9.17, 15) is 4.39 Å². The standard InChI is InChI=1S/C16H22FN3/c1-13(12-20-6-2-3-7-20)10-19-11-14-4-5-16(17)15(8-14)9-18/h4-5,8,13,19H,2-3,6-7,10-12H2,1H3. The van der Waals surface area contributed by atoms with Gasteiger partial charge in [-0.3, -0.25) is 0 Å². The highest BCUT2D eigenvalue weighted by molar-refractivity contribution is 5.34. The van der Waals surface area contributed by atoms with Crippen LogP contribution in [0.4, 0.5) is 4.39 Å². The lowest BCUT2D eigenvalue weighted by molar-refractivity contribution is 0.282. The van der Waals surface area contributed by atoms with Crippen molar-refractivity contribution < 1.29 is 4.39 Å². The topological polar surface area (TPSA) is 39.1 Å². The molecule has 0 radical (unpaired) electrons. The molecule has 0 aromatic heterocycles. The van der Waals surface area contributed by atoms with Gasteiger partial charge in [-0.25, -0.2) is 4.39 Å². The van der Waals surface area contributed by atoms with E-state index in [-0.39, 0.29) is 5.56 Å². The molecular weight excluding hydrogens is 253 g/mol.